The lowest BCUT2D eigenvalue weighted by molar-refractivity contribution is -0.00000760. The highest BCUT2D eigenvalue weighted by molar-refractivity contribution is 5.44. The lowest BCUT2D eigenvalue weighted by Crippen LogP contribution is -3.00. The summed E-state index contributed by atoms with van der Waals surface area (Å²) in [6.45, 7) is 13.1. The van der Waals surface area contributed by atoms with Crippen LogP contribution < -0.4 is 16.9 Å². The second kappa shape index (κ2) is 23.8. The number of unbranched alkanes of at least 4 members (excludes halogenated alkanes) is 17. The molecule has 0 aliphatic heterocycles. The molecule has 1 rings (SSSR count). The normalized spacial score (nSPS) is 11.5. The van der Waals surface area contributed by atoms with Crippen LogP contribution in [0.15, 0.2) is 24.3 Å². The molecular formula is C33H62ClN. The van der Waals surface area contributed by atoms with Gasteiger partial charge in [-0.3, -0.25) is 4.48 Å². The Bertz CT molecular complexity index is 547. The van der Waals surface area contributed by atoms with E-state index in [4.69, 9.17) is 0 Å². The Morgan fingerprint density at radius 3 is 1.11 bits per heavy atom. The molecule has 206 valence electrons. The molecule has 0 saturated carbocycles. The first-order valence-corrected chi connectivity index (χ1v) is 15.6. The van der Waals surface area contributed by atoms with E-state index in [-0.39, 0.29) is 12.4 Å². The quantitative estimate of drug-likeness (QED) is 0.0977. The van der Waals surface area contributed by atoms with Crippen LogP contribution in [0, 0.1) is 6.92 Å². The summed E-state index contributed by atoms with van der Waals surface area (Å²) in [5, 5.41) is 0. The topological polar surface area (TPSA) is 0 Å². The number of nitrogens with zero attached hydrogens (tertiary/aromatic N) is 1. The van der Waals surface area contributed by atoms with Crippen molar-refractivity contribution in [3.8, 4) is 0 Å². The zero-order valence-corrected chi connectivity index (χ0v) is 25.2. The molecule has 0 aliphatic rings. The Labute approximate surface area is 227 Å². The average molecular weight is 508 g/mol. The van der Waals surface area contributed by atoms with Gasteiger partial charge in [-0.15, -0.1) is 0 Å². The Kier molecular flexibility index (Phi) is 23.5. The predicted octanol–water partition coefficient (Wildman–Crippen LogP) is 8.17. The first kappa shape index (κ1) is 34.5. The van der Waals surface area contributed by atoms with Gasteiger partial charge in [0.15, 0.2) is 0 Å². The molecule has 0 amide bonds. The van der Waals surface area contributed by atoms with Gasteiger partial charge in [0.25, 0.3) is 0 Å². The Balaban J connectivity index is 0.0000116. The molecule has 35 heavy (non-hydrogen) atoms. The second-order valence-corrected chi connectivity index (χ2v) is 11.2. The molecule has 0 heterocycles. The van der Waals surface area contributed by atoms with Gasteiger partial charge in [-0.25, -0.2) is 0 Å². The van der Waals surface area contributed by atoms with Crippen molar-refractivity contribution in [2.45, 2.75) is 156 Å². The zero-order chi connectivity index (χ0) is 24.7. The van der Waals surface area contributed by atoms with E-state index in [9.17, 15) is 0 Å². The van der Waals surface area contributed by atoms with E-state index in [1.807, 2.05) is 0 Å². The fraction of sp³-hybridized carbons (Fsp3) is 0.818. The van der Waals surface area contributed by atoms with E-state index >= 15 is 0 Å². The number of benzene rings is 1. The first-order chi connectivity index (χ1) is 16.7. The minimum atomic E-state index is 0. The molecule has 0 aromatic heterocycles. The highest BCUT2D eigenvalue weighted by Gasteiger charge is 2.28. The smallest absolute Gasteiger partial charge is 0.132 e. The Hall–Kier alpha value is -0.530. The molecule has 1 aromatic rings. The molecule has 0 radical (unpaired) electrons. The van der Waals surface area contributed by atoms with Crippen LogP contribution in [0.25, 0.3) is 0 Å². The van der Waals surface area contributed by atoms with Gasteiger partial charge in [0.1, 0.15) is 5.69 Å². The summed E-state index contributed by atoms with van der Waals surface area (Å²) in [4.78, 5) is 0. The van der Waals surface area contributed by atoms with Crippen molar-refractivity contribution in [2.24, 2.45) is 0 Å². The number of halogens is 1. The van der Waals surface area contributed by atoms with Gasteiger partial charge in [-0.05, 0) is 44.7 Å². The van der Waals surface area contributed by atoms with E-state index in [0.717, 1.165) is 0 Å². The Morgan fingerprint density at radius 1 is 0.429 bits per heavy atom. The molecule has 0 bridgehead atoms. The minimum absolute atomic E-state index is 0. The summed E-state index contributed by atoms with van der Waals surface area (Å²) in [6.07, 6.45) is 28.7. The van der Waals surface area contributed by atoms with Crippen LogP contribution >= 0.6 is 0 Å². The predicted molar refractivity (Wildman–Crippen MR) is 157 cm³/mol. The molecule has 0 spiro atoms. The van der Waals surface area contributed by atoms with E-state index in [1.165, 1.54) is 158 Å². The second-order valence-electron chi connectivity index (χ2n) is 11.2. The van der Waals surface area contributed by atoms with E-state index in [0.29, 0.717) is 0 Å². The van der Waals surface area contributed by atoms with Gasteiger partial charge in [0, 0.05) is 0 Å². The van der Waals surface area contributed by atoms with Crippen LogP contribution in [-0.4, -0.2) is 19.6 Å². The van der Waals surface area contributed by atoms with Crippen molar-refractivity contribution in [2.75, 3.05) is 19.6 Å². The molecule has 0 fully saturated rings. The van der Waals surface area contributed by atoms with E-state index in [2.05, 4.69) is 52.0 Å². The van der Waals surface area contributed by atoms with Crippen molar-refractivity contribution in [1.29, 1.82) is 0 Å². The number of quaternary nitrogens is 1. The fourth-order valence-corrected chi connectivity index (χ4v) is 5.76. The van der Waals surface area contributed by atoms with Crippen LogP contribution in [0.5, 0.6) is 0 Å². The number of hydrogen-bond donors (Lipinski definition) is 0. The third kappa shape index (κ3) is 16.8. The molecule has 0 atom stereocenters. The monoisotopic (exact) mass is 507 g/mol. The summed E-state index contributed by atoms with van der Waals surface area (Å²) >= 11 is 0. The van der Waals surface area contributed by atoms with Crippen molar-refractivity contribution >= 4 is 5.69 Å². The number of aryl methyl sites for hydroxylation is 1. The molecule has 1 nitrogen and oxygen atoms in total. The standard InChI is InChI=1S/C33H62N.ClH/c1-5-8-9-10-11-12-13-14-15-16-17-18-19-20-21-22-23-24-31-34(29-6-2,30-7-3)33-27-25-32(4)26-28-33;/h25-28H,5-24,29-31H2,1-4H3;1H/q+1;/p-1. The van der Waals surface area contributed by atoms with Gasteiger partial charge < -0.3 is 12.4 Å². The maximum atomic E-state index is 2.40. The first-order valence-electron chi connectivity index (χ1n) is 15.6. The Morgan fingerprint density at radius 2 is 0.771 bits per heavy atom. The fourth-order valence-electron chi connectivity index (χ4n) is 5.76. The molecular weight excluding hydrogens is 446 g/mol. The lowest BCUT2D eigenvalue weighted by Gasteiger charge is -2.38. The van der Waals surface area contributed by atoms with Gasteiger partial charge >= 0.3 is 0 Å². The number of rotatable bonds is 24. The highest BCUT2D eigenvalue weighted by Crippen LogP contribution is 2.26. The summed E-state index contributed by atoms with van der Waals surface area (Å²) in [7, 11) is 0. The zero-order valence-electron chi connectivity index (χ0n) is 24.4. The van der Waals surface area contributed by atoms with Gasteiger partial charge in [0.2, 0.25) is 0 Å². The molecule has 0 unspecified atom stereocenters. The molecule has 0 saturated heterocycles. The van der Waals surface area contributed by atoms with Gasteiger partial charge in [-0.2, -0.15) is 0 Å². The van der Waals surface area contributed by atoms with Crippen LogP contribution in [0.2, 0.25) is 0 Å². The average Bonchev–Trinajstić information content (AvgIpc) is 2.84. The van der Waals surface area contributed by atoms with E-state index < -0.39 is 0 Å². The van der Waals surface area contributed by atoms with Crippen molar-refractivity contribution in [3.05, 3.63) is 29.8 Å². The van der Waals surface area contributed by atoms with Crippen LogP contribution in [0.3, 0.4) is 0 Å². The van der Waals surface area contributed by atoms with Crippen molar-refractivity contribution in [1.82, 2.24) is 4.48 Å². The third-order valence-corrected chi connectivity index (χ3v) is 7.82. The summed E-state index contributed by atoms with van der Waals surface area (Å²) < 4.78 is 1.20. The minimum Gasteiger partial charge on any atom is -1.00 e. The SMILES string of the molecule is CCCCCCCCCCCCCCCCCCCC[N+](CCC)(CCC)c1ccc(C)cc1.[Cl-]. The molecule has 2 heteroatoms. The third-order valence-electron chi connectivity index (χ3n) is 7.82. The summed E-state index contributed by atoms with van der Waals surface area (Å²) in [5.74, 6) is 0. The molecule has 0 aliphatic carbocycles. The summed E-state index contributed by atoms with van der Waals surface area (Å²) in [5.41, 5.74) is 2.92. The van der Waals surface area contributed by atoms with Crippen molar-refractivity contribution < 1.29 is 12.4 Å². The maximum Gasteiger partial charge on any atom is 0.132 e. The van der Waals surface area contributed by atoms with Gasteiger partial charge in [0.05, 0.1) is 19.6 Å². The summed E-state index contributed by atoms with van der Waals surface area (Å²) in [6, 6.07) is 9.41. The van der Waals surface area contributed by atoms with E-state index in [1.54, 1.807) is 5.69 Å². The van der Waals surface area contributed by atoms with Crippen LogP contribution in [0.4, 0.5) is 5.69 Å². The largest absolute Gasteiger partial charge is 1.00 e. The maximum absolute atomic E-state index is 2.40. The van der Waals surface area contributed by atoms with Crippen LogP contribution in [0.1, 0.15) is 155 Å². The molecule has 1 aromatic carbocycles. The lowest BCUT2D eigenvalue weighted by atomic mass is 10.0. The molecule has 0 N–H and O–H groups in total. The number of hydrogen-bond acceptors (Lipinski definition) is 0. The van der Waals surface area contributed by atoms with Gasteiger partial charge in [-0.1, -0.05) is 141 Å². The highest BCUT2D eigenvalue weighted by atomic mass is 35.5. The van der Waals surface area contributed by atoms with Crippen LogP contribution in [-0.2, 0) is 0 Å². The van der Waals surface area contributed by atoms with Crippen molar-refractivity contribution in [3.63, 3.8) is 0 Å².